The van der Waals surface area contributed by atoms with E-state index in [4.69, 9.17) is 31.9 Å². The molecule has 3 rings (SSSR count). The Bertz CT molecular complexity index is 1030. The SMILES string of the molecule is COc1cc(N)c(Cl)cc1C(=O)N[C@@H]1CCN(CCN(C)Cc2ccc(C(=O)O)cc2)C[C@@H]1OC. The van der Waals surface area contributed by atoms with E-state index in [2.05, 4.69) is 15.1 Å². The third-order valence-corrected chi connectivity index (χ3v) is 6.60. The summed E-state index contributed by atoms with van der Waals surface area (Å²) >= 11 is 6.12. The number of ether oxygens (including phenoxy) is 2. The summed E-state index contributed by atoms with van der Waals surface area (Å²) in [5.41, 5.74) is 7.86. The molecule has 1 heterocycles. The molecule has 9 nitrogen and oxygen atoms in total. The molecule has 0 aliphatic carbocycles. The highest BCUT2D eigenvalue weighted by molar-refractivity contribution is 6.33. The van der Waals surface area contributed by atoms with Crippen LogP contribution >= 0.6 is 11.6 Å². The van der Waals surface area contributed by atoms with E-state index in [9.17, 15) is 9.59 Å². The average Bonchev–Trinajstić information content (AvgIpc) is 2.84. The molecule has 1 saturated heterocycles. The molecule has 0 radical (unpaired) electrons. The van der Waals surface area contributed by atoms with E-state index in [0.29, 0.717) is 28.6 Å². The average molecular weight is 505 g/mol. The van der Waals surface area contributed by atoms with Crippen molar-refractivity contribution in [2.45, 2.75) is 25.1 Å². The van der Waals surface area contributed by atoms with Crippen molar-refractivity contribution in [3.05, 3.63) is 58.1 Å². The van der Waals surface area contributed by atoms with Gasteiger partial charge in [-0.3, -0.25) is 9.69 Å². The number of hydrogen-bond acceptors (Lipinski definition) is 7. The van der Waals surface area contributed by atoms with E-state index in [1.807, 2.05) is 19.2 Å². The van der Waals surface area contributed by atoms with Gasteiger partial charge in [0.2, 0.25) is 0 Å². The molecule has 35 heavy (non-hydrogen) atoms. The lowest BCUT2D eigenvalue weighted by molar-refractivity contribution is 0.00440. The lowest BCUT2D eigenvalue weighted by Crippen LogP contribution is -2.55. The van der Waals surface area contributed by atoms with Crippen LogP contribution in [0.15, 0.2) is 36.4 Å². The standard InChI is InChI=1S/C25H33ClN4O5/c1-29(14-16-4-6-17(7-5-16)25(32)33)10-11-30-9-8-21(23(15-30)35-3)28-24(31)18-12-19(26)20(27)13-22(18)34-2/h4-7,12-13,21,23H,8-11,14-15,27H2,1-3H3,(H,28,31)(H,32,33)/t21-,23+/m1/s1. The number of likely N-dealkylation sites (N-methyl/N-ethyl adjacent to an activating group) is 1. The maximum absolute atomic E-state index is 12.9. The highest BCUT2D eigenvalue weighted by Crippen LogP contribution is 2.29. The zero-order chi connectivity index (χ0) is 25.5. The lowest BCUT2D eigenvalue weighted by Gasteiger charge is -2.38. The van der Waals surface area contributed by atoms with Gasteiger partial charge in [-0.25, -0.2) is 4.79 Å². The summed E-state index contributed by atoms with van der Waals surface area (Å²) < 4.78 is 11.0. The van der Waals surface area contributed by atoms with Gasteiger partial charge in [0.15, 0.2) is 0 Å². The second-order valence-electron chi connectivity index (χ2n) is 8.76. The Morgan fingerprint density at radius 1 is 1.26 bits per heavy atom. The van der Waals surface area contributed by atoms with Gasteiger partial charge in [0, 0.05) is 45.9 Å². The molecule has 2 aromatic rings. The minimum Gasteiger partial charge on any atom is -0.496 e. The Morgan fingerprint density at radius 3 is 2.60 bits per heavy atom. The smallest absolute Gasteiger partial charge is 0.335 e. The Hall–Kier alpha value is -2.85. The Balaban J connectivity index is 1.51. The van der Waals surface area contributed by atoms with Crippen LogP contribution in [-0.2, 0) is 11.3 Å². The van der Waals surface area contributed by atoms with Crippen molar-refractivity contribution in [2.75, 3.05) is 53.2 Å². The molecule has 2 atom stereocenters. The maximum Gasteiger partial charge on any atom is 0.335 e. The fourth-order valence-electron chi connectivity index (χ4n) is 4.20. The van der Waals surface area contributed by atoms with Crippen molar-refractivity contribution in [3.8, 4) is 5.75 Å². The number of methoxy groups -OCH3 is 2. The summed E-state index contributed by atoms with van der Waals surface area (Å²) in [6.45, 7) is 3.95. The largest absolute Gasteiger partial charge is 0.496 e. The number of nitrogens with one attached hydrogen (secondary N) is 1. The Kier molecular flexibility index (Phi) is 9.33. The van der Waals surface area contributed by atoms with Crippen LogP contribution in [0.1, 0.15) is 32.7 Å². The number of carbonyl (C=O) groups is 2. The maximum atomic E-state index is 12.9. The number of carboxylic acids is 1. The molecule has 190 valence electrons. The molecule has 0 unspecified atom stereocenters. The summed E-state index contributed by atoms with van der Waals surface area (Å²) in [6.07, 6.45) is 0.590. The van der Waals surface area contributed by atoms with Gasteiger partial charge in [0.1, 0.15) is 5.75 Å². The Morgan fingerprint density at radius 2 is 1.97 bits per heavy atom. The molecule has 1 aliphatic heterocycles. The van der Waals surface area contributed by atoms with E-state index in [1.165, 1.54) is 13.2 Å². The van der Waals surface area contributed by atoms with Gasteiger partial charge in [-0.05, 0) is 37.2 Å². The van der Waals surface area contributed by atoms with E-state index in [1.54, 1.807) is 25.3 Å². The van der Waals surface area contributed by atoms with Crippen LogP contribution < -0.4 is 15.8 Å². The lowest BCUT2D eigenvalue weighted by atomic mass is 10.0. The molecule has 4 N–H and O–H groups in total. The highest BCUT2D eigenvalue weighted by Gasteiger charge is 2.31. The minimum absolute atomic E-state index is 0.143. The van der Waals surface area contributed by atoms with Crippen molar-refractivity contribution in [2.24, 2.45) is 0 Å². The number of likely N-dealkylation sites (tertiary alicyclic amines) is 1. The van der Waals surface area contributed by atoms with Crippen molar-refractivity contribution in [1.82, 2.24) is 15.1 Å². The normalized spacial score (nSPS) is 18.4. The first-order valence-electron chi connectivity index (χ1n) is 11.4. The molecule has 1 amide bonds. The van der Waals surface area contributed by atoms with Crippen LogP contribution in [0.2, 0.25) is 5.02 Å². The monoisotopic (exact) mass is 504 g/mol. The second kappa shape index (κ2) is 12.2. The predicted octanol–water partition coefficient (Wildman–Crippen LogP) is 2.58. The molecular weight excluding hydrogens is 472 g/mol. The van der Waals surface area contributed by atoms with Crippen LogP contribution in [-0.4, -0.2) is 86.4 Å². The number of hydrogen-bond donors (Lipinski definition) is 3. The number of piperidine rings is 1. The van der Waals surface area contributed by atoms with Crippen molar-refractivity contribution in [1.29, 1.82) is 0 Å². The number of amides is 1. The third kappa shape index (κ3) is 7.08. The molecule has 2 aromatic carbocycles. The molecular formula is C25H33ClN4O5. The van der Waals surface area contributed by atoms with Crippen LogP contribution in [0.25, 0.3) is 0 Å². The van der Waals surface area contributed by atoms with Crippen LogP contribution in [0.3, 0.4) is 0 Å². The summed E-state index contributed by atoms with van der Waals surface area (Å²) in [7, 11) is 5.18. The first-order valence-corrected chi connectivity index (χ1v) is 11.8. The number of anilines is 1. The van der Waals surface area contributed by atoms with E-state index < -0.39 is 5.97 Å². The van der Waals surface area contributed by atoms with Crippen molar-refractivity contribution < 1.29 is 24.2 Å². The van der Waals surface area contributed by atoms with E-state index >= 15 is 0 Å². The number of benzene rings is 2. The van der Waals surface area contributed by atoms with E-state index in [-0.39, 0.29) is 23.6 Å². The number of nitrogen functional groups attached to an aromatic ring is 1. The molecule has 0 spiro atoms. The zero-order valence-electron chi connectivity index (χ0n) is 20.3. The van der Waals surface area contributed by atoms with Crippen molar-refractivity contribution >= 4 is 29.2 Å². The summed E-state index contributed by atoms with van der Waals surface area (Å²) in [4.78, 5) is 28.5. The van der Waals surface area contributed by atoms with Crippen LogP contribution in [0.5, 0.6) is 5.75 Å². The zero-order valence-corrected chi connectivity index (χ0v) is 21.0. The van der Waals surface area contributed by atoms with Crippen molar-refractivity contribution in [3.63, 3.8) is 0 Å². The van der Waals surface area contributed by atoms with E-state index in [0.717, 1.165) is 38.2 Å². The van der Waals surface area contributed by atoms with Gasteiger partial charge in [-0.15, -0.1) is 0 Å². The fourth-order valence-corrected chi connectivity index (χ4v) is 4.37. The third-order valence-electron chi connectivity index (χ3n) is 6.28. The summed E-state index contributed by atoms with van der Waals surface area (Å²) in [5.74, 6) is -0.831. The van der Waals surface area contributed by atoms with Gasteiger partial charge >= 0.3 is 5.97 Å². The minimum atomic E-state index is -0.923. The van der Waals surface area contributed by atoms with Gasteiger partial charge in [0.25, 0.3) is 5.91 Å². The first kappa shape index (κ1) is 26.7. The molecule has 0 saturated carbocycles. The number of nitrogens with zero attached hydrogens (tertiary/aromatic N) is 2. The molecule has 1 fully saturated rings. The first-order chi connectivity index (χ1) is 16.7. The van der Waals surface area contributed by atoms with Crippen LogP contribution in [0.4, 0.5) is 5.69 Å². The Labute approximate surface area is 210 Å². The second-order valence-corrected chi connectivity index (χ2v) is 9.16. The quantitative estimate of drug-likeness (QED) is 0.423. The topological polar surface area (TPSA) is 117 Å². The van der Waals surface area contributed by atoms with Gasteiger partial charge in [-0.1, -0.05) is 23.7 Å². The number of halogens is 1. The summed E-state index contributed by atoms with van der Waals surface area (Å²) in [6, 6.07) is 9.87. The number of carboxylic acid groups (broad SMARTS) is 1. The number of nitrogens with two attached hydrogens (primary N) is 1. The predicted molar refractivity (Wildman–Crippen MR) is 135 cm³/mol. The number of carbonyl (C=O) groups excluding carboxylic acids is 1. The van der Waals surface area contributed by atoms with Gasteiger partial charge in [0.05, 0.1) is 41.1 Å². The molecule has 0 bridgehead atoms. The molecule has 10 heteroatoms. The number of rotatable bonds is 10. The van der Waals surface area contributed by atoms with Gasteiger partial charge < -0.3 is 30.5 Å². The fraction of sp³-hybridized carbons (Fsp3) is 0.440. The van der Waals surface area contributed by atoms with Gasteiger partial charge in [-0.2, -0.15) is 0 Å². The summed E-state index contributed by atoms with van der Waals surface area (Å²) in [5, 5.41) is 12.4. The molecule has 0 aromatic heterocycles. The highest BCUT2D eigenvalue weighted by atomic mass is 35.5. The van der Waals surface area contributed by atoms with Crippen LogP contribution in [0, 0.1) is 0 Å². The number of aromatic carboxylic acids is 1. The molecule has 1 aliphatic rings.